The van der Waals surface area contributed by atoms with E-state index in [0.717, 1.165) is 10.5 Å². The Morgan fingerprint density at radius 2 is 1.85 bits per heavy atom. The van der Waals surface area contributed by atoms with Gasteiger partial charge in [0.2, 0.25) is 12.1 Å². The van der Waals surface area contributed by atoms with Crippen molar-refractivity contribution >= 4 is 17.8 Å². The van der Waals surface area contributed by atoms with Gasteiger partial charge in [0, 0.05) is 19.4 Å². The molecule has 0 spiro atoms. The van der Waals surface area contributed by atoms with Gasteiger partial charge in [-0.15, -0.1) is 0 Å². The summed E-state index contributed by atoms with van der Waals surface area (Å²) in [4.78, 5) is 36.6. The average Bonchev–Trinajstić information content (AvgIpc) is 2.59. The topological polar surface area (TPSA) is 93.1 Å². The maximum Gasteiger partial charge on any atom is 0.356 e. The molecule has 1 unspecified atom stereocenters. The highest BCUT2D eigenvalue weighted by Gasteiger charge is 2.52. The molecule has 1 aliphatic heterocycles. The Hall–Kier alpha value is -2.41. The van der Waals surface area contributed by atoms with Crippen molar-refractivity contribution in [1.29, 1.82) is 0 Å². The Balaban J connectivity index is 1.97. The first kappa shape index (κ1) is 19.9. The number of nitrogens with zero attached hydrogens (tertiary/aromatic N) is 1. The third-order valence-corrected chi connectivity index (χ3v) is 4.45. The fourth-order valence-electron chi connectivity index (χ4n) is 3.18. The molecule has 2 rings (SSSR count). The molecule has 1 aliphatic rings. The molecule has 1 aromatic carbocycles. The van der Waals surface area contributed by atoms with Crippen LogP contribution < -0.4 is 0 Å². The number of carbonyl (C=O) groups excluding carboxylic acids is 3. The summed E-state index contributed by atoms with van der Waals surface area (Å²) in [6.07, 6.45) is -1.31. The van der Waals surface area contributed by atoms with Gasteiger partial charge in [-0.1, -0.05) is 44.2 Å². The second kappa shape index (κ2) is 8.80. The van der Waals surface area contributed by atoms with Gasteiger partial charge in [-0.05, 0) is 11.5 Å². The molecular weight excluding hydrogens is 338 g/mol. The number of aliphatic hydroxyl groups is 1. The van der Waals surface area contributed by atoms with E-state index >= 15 is 0 Å². The van der Waals surface area contributed by atoms with Crippen LogP contribution in [0.1, 0.15) is 32.8 Å². The van der Waals surface area contributed by atoms with Crippen LogP contribution in [0.5, 0.6) is 0 Å². The number of hydrogen-bond donors (Lipinski definition) is 1. The highest BCUT2D eigenvalue weighted by atomic mass is 16.6. The number of hydrogen-bond acceptors (Lipinski definition) is 6. The number of carbonyl (C=O) groups is 3. The van der Waals surface area contributed by atoms with Crippen molar-refractivity contribution < 1.29 is 29.0 Å². The van der Waals surface area contributed by atoms with E-state index in [9.17, 15) is 19.5 Å². The third-order valence-electron chi connectivity index (χ3n) is 4.45. The highest BCUT2D eigenvalue weighted by molar-refractivity contribution is 5.90. The van der Waals surface area contributed by atoms with E-state index in [1.807, 2.05) is 32.0 Å². The summed E-state index contributed by atoms with van der Waals surface area (Å²) in [6.45, 7) is 5.25. The van der Waals surface area contributed by atoms with E-state index in [0.29, 0.717) is 6.42 Å². The average molecular weight is 363 g/mol. The predicted octanol–water partition coefficient (Wildman–Crippen LogP) is 1.48. The monoisotopic (exact) mass is 363 g/mol. The van der Waals surface area contributed by atoms with Crippen LogP contribution in [0.2, 0.25) is 0 Å². The minimum atomic E-state index is -1.66. The summed E-state index contributed by atoms with van der Waals surface area (Å²) in [5.41, 5.74) is 0.787. The number of ether oxygens (including phenoxy) is 2. The molecule has 1 saturated heterocycles. The van der Waals surface area contributed by atoms with Gasteiger partial charge in [-0.2, -0.15) is 0 Å². The van der Waals surface area contributed by atoms with Gasteiger partial charge < -0.3 is 19.5 Å². The van der Waals surface area contributed by atoms with Crippen LogP contribution in [0.15, 0.2) is 30.3 Å². The lowest BCUT2D eigenvalue weighted by atomic mass is 9.77. The predicted molar refractivity (Wildman–Crippen MR) is 92.5 cm³/mol. The molecule has 7 nitrogen and oxygen atoms in total. The summed E-state index contributed by atoms with van der Waals surface area (Å²) in [5.74, 6) is -1.85. The lowest BCUT2D eigenvalue weighted by Crippen LogP contribution is -2.67. The van der Waals surface area contributed by atoms with E-state index in [1.54, 1.807) is 12.1 Å². The minimum Gasteiger partial charge on any atom is -0.466 e. The SMILES string of the molecule is CC(=O)OCC[C@H]1[C@H](C(C)C)C(=O)N1C(O)C(=O)OCc1ccccc1. The number of aliphatic hydroxyl groups excluding tert-OH is 1. The first-order valence-corrected chi connectivity index (χ1v) is 8.67. The van der Waals surface area contributed by atoms with Gasteiger partial charge in [-0.25, -0.2) is 4.79 Å². The molecule has 0 aromatic heterocycles. The fraction of sp³-hybridized carbons (Fsp3) is 0.526. The molecule has 0 aliphatic carbocycles. The van der Waals surface area contributed by atoms with Crippen molar-refractivity contribution in [2.45, 2.75) is 46.1 Å². The zero-order valence-electron chi connectivity index (χ0n) is 15.3. The Bertz CT molecular complexity index is 645. The van der Waals surface area contributed by atoms with Crippen LogP contribution in [0.25, 0.3) is 0 Å². The van der Waals surface area contributed by atoms with E-state index in [1.165, 1.54) is 6.92 Å². The number of rotatable bonds is 8. The van der Waals surface area contributed by atoms with Crippen LogP contribution in [-0.2, 0) is 30.5 Å². The molecule has 7 heteroatoms. The van der Waals surface area contributed by atoms with E-state index in [4.69, 9.17) is 9.47 Å². The van der Waals surface area contributed by atoms with E-state index in [-0.39, 0.29) is 37.0 Å². The molecule has 1 heterocycles. The Kier molecular flexibility index (Phi) is 6.74. The maximum absolute atomic E-state index is 12.4. The zero-order valence-corrected chi connectivity index (χ0v) is 15.3. The van der Waals surface area contributed by atoms with Gasteiger partial charge in [-0.3, -0.25) is 9.59 Å². The number of benzene rings is 1. The Labute approximate surface area is 152 Å². The normalized spacial score (nSPS) is 20.5. The van der Waals surface area contributed by atoms with Crippen molar-refractivity contribution in [3.8, 4) is 0 Å². The highest BCUT2D eigenvalue weighted by Crippen LogP contribution is 2.36. The van der Waals surface area contributed by atoms with Crippen molar-refractivity contribution in [2.75, 3.05) is 6.61 Å². The fourth-order valence-corrected chi connectivity index (χ4v) is 3.18. The smallest absolute Gasteiger partial charge is 0.356 e. The Morgan fingerprint density at radius 1 is 1.19 bits per heavy atom. The molecule has 3 atom stereocenters. The van der Waals surface area contributed by atoms with Gasteiger partial charge in [0.05, 0.1) is 12.5 Å². The summed E-state index contributed by atoms with van der Waals surface area (Å²) >= 11 is 0. The molecular formula is C19H25NO6. The zero-order chi connectivity index (χ0) is 19.3. The molecule has 26 heavy (non-hydrogen) atoms. The van der Waals surface area contributed by atoms with Crippen LogP contribution >= 0.6 is 0 Å². The number of β-lactam (4-membered cyclic amide) rings is 1. The van der Waals surface area contributed by atoms with Crippen molar-refractivity contribution in [3.63, 3.8) is 0 Å². The Morgan fingerprint density at radius 3 is 2.42 bits per heavy atom. The standard InChI is InChI=1S/C19H25NO6/c1-12(2)16-15(9-10-25-13(3)21)20(17(16)22)18(23)19(24)26-11-14-7-5-4-6-8-14/h4-8,12,15-16,18,23H,9-11H2,1-3H3/t15-,16-,18?/m0/s1. The number of esters is 2. The largest absolute Gasteiger partial charge is 0.466 e. The molecule has 0 radical (unpaired) electrons. The molecule has 0 saturated carbocycles. The number of amides is 1. The third kappa shape index (κ3) is 4.60. The second-order valence-electron chi connectivity index (χ2n) is 6.68. The molecule has 142 valence electrons. The summed E-state index contributed by atoms with van der Waals surface area (Å²) in [7, 11) is 0. The molecule has 1 aromatic rings. The number of likely N-dealkylation sites (tertiary alicyclic amines) is 1. The van der Waals surface area contributed by atoms with Crippen molar-refractivity contribution in [3.05, 3.63) is 35.9 Å². The van der Waals surface area contributed by atoms with Crippen LogP contribution in [-0.4, -0.2) is 46.7 Å². The van der Waals surface area contributed by atoms with Crippen molar-refractivity contribution in [1.82, 2.24) is 4.90 Å². The summed E-state index contributed by atoms with van der Waals surface area (Å²) < 4.78 is 10.0. The molecule has 1 N–H and O–H groups in total. The first-order chi connectivity index (χ1) is 12.3. The van der Waals surface area contributed by atoms with Gasteiger partial charge in [0.25, 0.3) is 0 Å². The summed E-state index contributed by atoms with van der Waals surface area (Å²) in [6, 6.07) is 8.70. The second-order valence-corrected chi connectivity index (χ2v) is 6.68. The van der Waals surface area contributed by atoms with E-state index in [2.05, 4.69) is 0 Å². The van der Waals surface area contributed by atoms with Crippen LogP contribution in [0, 0.1) is 11.8 Å². The minimum absolute atomic E-state index is 0.0183. The maximum atomic E-state index is 12.4. The van der Waals surface area contributed by atoms with Gasteiger partial charge in [0.1, 0.15) is 6.61 Å². The lowest BCUT2D eigenvalue weighted by molar-refractivity contribution is -0.196. The molecule has 1 amide bonds. The van der Waals surface area contributed by atoms with Crippen LogP contribution in [0.3, 0.4) is 0 Å². The van der Waals surface area contributed by atoms with Gasteiger partial charge in [0.15, 0.2) is 0 Å². The quantitative estimate of drug-likeness (QED) is 0.556. The molecule has 0 bridgehead atoms. The lowest BCUT2D eigenvalue weighted by Gasteiger charge is -2.50. The van der Waals surface area contributed by atoms with Gasteiger partial charge >= 0.3 is 11.9 Å². The van der Waals surface area contributed by atoms with Crippen molar-refractivity contribution in [2.24, 2.45) is 11.8 Å². The van der Waals surface area contributed by atoms with Crippen LogP contribution in [0.4, 0.5) is 0 Å². The molecule has 1 fully saturated rings. The van der Waals surface area contributed by atoms with E-state index < -0.39 is 18.2 Å². The first-order valence-electron chi connectivity index (χ1n) is 8.67. The summed E-state index contributed by atoms with van der Waals surface area (Å²) in [5, 5.41) is 10.3.